The van der Waals surface area contributed by atoms with Crippen molar-refractivity contribution in [3.05, 3.63) is 21.7 Å². The number of hydrogen-bond donors (Lipinski definition) is 2. The zero-order valence-electron chi connectivity index (χ0n) is 7.92. The Kier molecular flexibility index (Phi) is 3.06. The van der Waals surface area contributed by atoms with E-state index >= 15 is 0 Å². The van der Waals surface area contributed by atoms with E-state index < -0.39 is 0 Å². The van der Waals surface area contributed by atoms with Crippen molar-refractivity contribution in [2.45, 2.75) is 33.1 Å². The molecule has 0 aromatic carbocycles. The Balaban J connectivity index is 3.13. The summed E-state index contributed by atoms with van der Waals surface area (Å²) in [5, 5.41) is 9.37. The van der Waals surface area contributed by atoms with Crippen LogP contribution in [0.25, 0.3) is 0 Å². The van der Waals surface area contributed by atoms with Crippen molar-refractivity contribution in [2.24, 2.45) is 0 Å². The number of nitrogens with zero attached hydrogens (tertiary/aromatic N) is 1. The molecule has 2 N–H and O–H groups in total. The van der Waals surface area contributed by atoms with Crippen LogP contribution in [0.15, 0.2) is 4.79 Å². The van der Waals surface area contributed by atoms with Crippen LogP contribution in [-0.4, -0.2) is 15.1 Å². The first-order chi connectivity index (χ1) is 6.19. The SMILES string of the molecule is CCCc1nc(O)c(CC)c(=O)[nH]1. The molecule has 0 aliphatic heterocycles. The van der Waals surface area contributed by atoms with E-state index in [9.17, 15) is 9.90 Å². The lowest BCUT2D eigenvalue weighted by Crippen LogP contribution is -2.16. The minimum atomic E-state index is -0.224. The third-order valence-corrected chi connectivity index (χ3v) is 1.88. The third-order valence-electron chi connectivity index (χ3n) is 1.88. The van der Waals surface area contributed by atoms with Crippen LogP contribution in [0.5, 0.6) is 5.88 Å². The molecule has 0 aliphatic rings. The maximum absolute atomic E-state index is 11.3. The monoisotopic (exact) mass is 182 g/mol. The highest BCUT2D eigenvalue weighted by molar-refractivity contribution is 5.22. The van der Waals surface area contributed by atoms with E-state index in [2.05, 4.69) is 9.97 Å². The van der Waals surface area contributed by atoms with Gasteiger partial charge in [0.15, 0.2) is 0 Å². The number of H-pyrrole nitrogens is 1. The fraction of sp³-hybridized carbons (Fsp3) is 0.556. The average molecular weight is 182 g/mol. The van der Waals surface area contributed by atoms with Crippen LogP contribution >= 0.6 is 0 Å². The van der Waals surface area contributed by atoms with Crippen LogP contribution in [0.1, 0.15) is 31.7 Å². The fourth-order valence-corrected chi connectivity index (χ4v) is 1.21. The summed E-state index contributed by atoms with van der Waals surface area (Å²) in [4.78, 5) is 17.8. The lowest BCUT2D eigenvalue weighted by atomic mass is 10.2. The number of hydrogen-bond acceptors (Lipinski definition) is 3. The molecule has 0 atom stereocenters. The first-order valence-electron chi connectivity index (χ1n) is 4.50. The van der Waals surface area contributed by atoms with Gasteiger partial charge < -0.3 is 10.1 Å². The smallest absolute Gasteiger partial charge is 0.257 e. The van der Waals surface area contributed by atoms with Crippen LogP contribution < -0.4 is 5.56 Å². The Morgan fingerprint density at radius 1 is 1.46 bits per heavy atom. The number of aromatic amines is 1. The van der Waals surface area contributed by atoms with E-state index in [-0.39, 0.29) is 11.4 Å². The summed E-state index contributed by atoms with van der Waals surface area (Å²) in [6.07, 6.45) is 2.08. The van der Waals surface area contributed by atoms with Crippen LogP contribution in [0.4, 0.5) is 0 Å². The largest absolute Gasteiger partial charge is 0.493 e. The van der Waals surface area contributed by atoms with Gasteiger partial charge in [0.2, 0.25) is 5.88 Å². The number of rotatable bonds is 3. The van der Waals surface area contributed by atoms with E-state index in [1.54, 1.807) is 0 Å². The Labute approximate surface area is 76.7 Å². The summed E-state index contributed by atoms with van der Waals surface area (Å²) in [5.41, 5.74) is 0.137. The molecule has 1 aromatic rings. The van der Waals surface area contributed by atoms with Crippen molar-refractivity contribution in [1.82, 2.24) is 9.97 Å². The lowest BCUT2D eigenvalue weighted by Gasteiger charge is -2.02. The van der Waals surface area contributed by atoms with E-state index in [1.807, 2.05) is 13.8 Å². The van der Waals surface area contributed by atoms with Gasteiger partial charge >= 0.3 is 0 Å². The zero-order valence-corrected chi connectivity index (χ0v) is 7.92. The number of aromatic nitrogens is 2. The normalized spacial score (nSPS) is 10.3. The molecule has 0 saturated heterocycles. The molecule has 0 spiro atoms. The number of aryl methyl sites for hydroxylation is 1. The second-order valence-corrected chi connectivity index (χ2v) is 2.92. The Hall–Kier alpha value is -1.32. The van der Waals surface area contributed by atoms with Gasteiger partial charge in [-0.2, -0.15) is 0 Å². The maximum Gasteiger partial charge on any atom is 0.257 e. The van der Waals surface area contributed by atoms with Crippen molar-refractivity contribution < 1.29 is 5.11 Å². The Morgan fingerprint density at radius 3 is 2.62 bits per heavy atom. The zero-order chi connectivity index (χ0) is 9.84. The first kappa shape index (κ1) is 9.77. The molecular formula is C9H14N2O2. The van der Waals surface area contributed by atoms with E-state index in [4.69, 9.17) is 0 Å². The van der Waals surface area contributed by atoms with Gasteiger partial charge in [-0.1, -0.05) is 13.8 Å². The summed E-state index contributed by atoms with van der Waals surface area (Å²) in [6, 6.07) is 0. The molecule has 0 radical (unpaired) electrons. The number of aromatic hydroxyl groups is 1. The first-order valence-corrected chi connectivity index (χ1v) is 4.50. The molecule has 0 fully saturated rings. The molecule has 0 saturated carbocycles. The second-order valence-electron chi connectivity index (χ2n) is 2.92. The minimum Gasteiger partial charge on any atom is -0.493 e. The summed E-state index contributed by atoms with van der Waals surface area (Å²) in [7, 11) is 0. The van der Waals surface area contributed by atoms with Crippen LogP contribution in [-0.2, 0) is 12.8 Å². The summed E-state index contributed by atoms with van der Waals surface area (Å²) < 4.78 is 0. The Morgan fingerprint density at radius 2 is 2.15 bits per heavy atom. The van der Waals surface area contributed by atoms with Gasteiger partial charge in [0.25, 0.3) is 5.56 Å². The Bertz CT molecular complexity index is 344. The molecule has 72 valence electrons. The van der Waals surface area contributed by atoms with E-state index in [0.29, 0.717) is 24.2 Å². The van der Waals surface area contributed by atoms with Crippen molar-refractivity contribution in [3.63, 3.8) is 0 Å². The summed E-state index contributed by atoms with van der Waals surface area (Å²) in [6.45, 7) is 3.80. The molecule has 0 amide bonds. The molecule has 0 aliphatic carbocycles. The average Bonchev–Trinajstić information content (AvgIpc) is 2.04. The topological polar surface area (TPSA) is 66.0 Å². The molecule has 4 heteroatoms. The van der Waals surface area contributed by atoms with Gasteiger partial charge in [-0.3, -0.25) is 4.79 Å². The van der Waals surface area contributed by atoms with Gasteiger partial charge in [-0.25, -0.2) is 4.98 Å². The highest BCUT2D eigenvalue weighted by Gasteiger charge is 2.07. The highest BCUT2D eigenvalue weighted by Crippen LogP contribution is 2.09. The molecule has 13 heavy (non-hydrogen) atoms. The lowest BCUT2D eigenvalue weighted by molar-refractivity contribution is 0.440. The second kappa shape index (κ2) is 4.07. The van der Waals surface area contributed by atoms with Gasteiger partial charge in [0, 0.05) is 6.42 Å². The number of nitrogens with one attached hydrogen (secondary N) is 1. The van der Waals surface area contributed by atoms with Gasteiger partial charge in [-0.15, -0.1) is 0 Å². The fourth-order valence-electron chi connectivity index (χ4n) is 1.21. The van der Waals surface area contributed by atoms with Crippen molar-refractivity contribution >= 4 is 0 Å². The van der Waals surface area contributed by atoms with Crippen molar-refractivity contribution in [3.8, 4) is 5.88 Å². The predicted octanol–water partition coefficient (Wildman–Crippen LogP) is 0.990. The molecule has 1 rings (SSSR count). The summed E-state index contributed by atoms with van der Waals surface area (Å²) in [5.74, 6) is 0.428. The maximum atomic E-state index is 11.3. The molecule has 0 bridgehead atoms. The van der Waals surface area contributed by atoms with E-state index in [0.717, 1.165) is 6.42 Å². The van der Waals surface area contributed by atoms with Crippen LogP contribution in [0.3, 0.4) is 0 Å². The van der Waals surface area contributed by atoms with Crippen molar-refractivity contribution in [1.29, 1.82) is 0 Å². The predicted molar refractivity (Wildman–Crippen MR) is 49.9 cm³/mol. The highest BCUT2D eigenvalue weighted by atomic mass is 16.3. The molecule has 1 aromatic heterocycles. The van der Waals surface area contributed by atoms with Crippen LogP contribution in [0.2, 0.25) is 0 Å². The minimum absolute atomic E-state index is 0.130. The third kappa shape index (κ3) is 2.08. The quantitative estimate of drug-likeness (QED) is 0.732. The van der Waals surface area contributed by atoms with Crippen LogP contribution in [0, 0.1) is 0 Å². The molecule has 0 unspecified atom stereocenters. The standard InChI is InChI=1S/C9H14N2O2/c1-3-5-7-10-8(12)6(4-2)9(13)11-7/h3-5H2,1-2H3,(H2,10,11,12,13). The van der Waals surface area contributed by atoms with E-state index in [1.165, 1.54) is 0 Å². The van der Waals surface area contributed by atoms with Crippen molar-refractivity contribution in [2.75, 3.05) is 0 Å². The van der Waals surface area contributed by atoms with Gasteiger partial charge in [0.1, 0.15) is 5.82 Å². The molecular weight excluding hydrogens is 168 g/mol. The summed E-state index contributed by atoms with van der Waals surface area (Å²) >= 11 is 0. The van der Waals surface area contributed by atoms with Gasteiger partial charge in [-0.05, 0) is 12.8 Å². The molecule has 1 heterocycles. The molecule has 4 nitrogen and oxygen atoms in total. The van der Waals surface area contributed by atoms with Gasteiger partial charge in [0.05, 0.1) is 5.56 Å².